The first-order chi connectivity index (χ1) is 14.1. The highest BCUT2D eigenvalue weighted by atomic mass is 16.3. The van der Waals surface area contributed by atoms with Gasteiger partial charge >= 0.3 is 0 Å². The van der Waals surface area contributed by atoms with Gasteiger partial charge in [0.1, 0.15) is 23.6 Å². The molecule has 1 fully saturated rings. The van der Waals surface area contributed by atoms with Gasteiger partial charge in [-0.1, -0.05) is 30.3 Å². The summed E-state index contributed by atoms with van der Waals surface area (Å²) in [5.41, 5.74) is 3.06. The Balaban J connectivity index is 1.65. The Hall–Kier alpha value is -2.79. The fraction of sp³-hybridized carbons (Fsp3) is 0.375. The molecule has 152 valence electrons. The van der Waals surface area contributed by atoms with E-state index in [9.17, 15) is 9.90 Å². The Bertz CT molecular complexity index is 986. The number of likely N-dealkylation sites (tertiary alicyclic amines) is 1. The van der Waals surface area contributed by atoms with Crippen molar-refractivity contribution < 1.29 is 19.2 Å². The minimum Gasteiger partial charge on any atom is -0.507 e. The summed E-state index contributed by atoms with van der Waals surface area (Å²) in [5.74, 6) is 0.665. The molecule has 29 heavy (non-hydrogen) atoms. The Morgan fingerprint density at radius 2 is 1.79 bits per heavy atom. The maximum atomic E-state index is 13.1. The molecular weight excluding hydrogens is 364 g/mol. The molecule has 0 unspecified atom stereocenters. The highest BCUT2D eigenvalue weighted by Crippen LogP contribution is 2.33. The van der Waals surface area contributed by atoms with E-state index in [0.717, 1.165) is 29.6 Å². The Morgan fingerprint density at radius 1 is 1.07 bits per heavy atom. The number of phenolic OH excluding ortho intramolecular Hbond substituents is 1. The SMILES string of the molecule is Cc1oc2ccc(O)c(C[NH+]3CCCCCC3)c2c1C(=O)NCc1ccccc1. The third-order valence-corrected chi connectivity index (χ3v) is 5.88. The minimum atomic E-state index is -0.164. The molecule has 1 aliphatic rings. The lowest BCUT2D eigenvalue weighted by Gasteiger charge is -2.18. The van der Waals surface area contributed by atoms with Crippen LogP contribution in [0.4, 0.5) is 0 Å². The van der Waals surface area contributed by atoms with E-state index in [0.29, 0.717) is 30.0 Å². The van der Waals surface area contributed by atoms with Crippen molar-refractivity contribution in [3.8, 4) is 5.75 Å². The maximum Gasteiger partial charge on any atom is 0.255 e. The minimum absolute atomic E-state index is 0.164. The molecule has 1 aromatic heterocycles. The average Bonchev–Trinajstić information content (AvgIpc) is 2.89. The number of phenols is 1. The first-order valence-corrected chi connectivity index (χ1v) is 10.5. The van der Waals surface area contributed by atoms with Gasteiger partial charge in [-0.2, -0.15) is 0 Å². The number of hydrogen-bond donors (Lipinski definition) is 3. The molecule has 5 nitrogen and oxygen atoms in total. The summed E-state index contributed by atoms with van der Waals surface area (Å²) in [5, 5.41) is 14.4. The highest BCUT2D eigenvalue weighted by Gasteiger charge is 2.25. The van der Waals surface area contributed by atoms with Crippen LogP contribution in [0, 0.1) is 6.92 Å². The second kappa shape index (κ2) is 8.70. The fourth-order valence-electron chi connectivity index (χ4n) is 4.34. The van der Waals surface area contributed by atoms with Crippen LogP contribution >= 0.6 is 0 Å². The molecule has 0 atom stereocenters. The lowest BCUT2D eigenvalue weighted by molar-refractivity contribution is -0.913. The van der Waals surface area contributed by atoms with Gasteiger partial charge in [0.25, 0.3) is 5.91 Å². The summed E-state index contributed by atoms with van der Waals surface area (Å²) >= 11 is 0. The quantitative estimate of drug-likeness (QED) is 0.623. The van der Waals surface area contributed by atoms with Gasteiger partial charge in [0, 0.05) is 11.9 Å². The van der Waals surface area contributed by atoms with Crippen molar-refractivity contribution in [3.05, 3.63) is 64.9 Å². The summed E-state index contributed by atoms with van der Waals surface area (Å²) in [7, 11) is 0. The number of fused-ring (bicyclic) bond motifs is 1. The number of rotatable bonds is 5. The van der Waals surface area contributed by atoms with Crippen LogP contribution < -0.4 is 10.2 Å². The first-order valence-electron chi connectivity index (χ1n) is 10.5. The molecule has 2 heterocycles. The van der Waals surface area contributed by atoms with Gasteiger partial charge in [-0.25, -0.2) is 0 Å². The van der Waals surface area contributed by atoms with Gasteiger partial charge in [-0.15, -0.1) is 0 Å². The lowest BCUT2D eigenvalue weighted by Crippen LogP contribution is -3.10. The second-order valence-corrected chi connectivity index (χ2v) is 7.98. The van der Waals surface area contributed by atoms with Crippen LogP contribution in [0.25, 0.3) is 11.0 Å². The van der Waals surface area contributed by atoms with Crippen LogP contribution in [0.3, 0.4) is 0 Å². The fourth-order valence-corrected chi connectivity index (χ4v) is 4.34. The van der Waals surface area contributed by atoms with E-state index in [2.05, 4.69) is 5.32 Å². The first kappa shape index (κ1) is 19.5. The standard InChI is InChI=1S/C24H28N2O3/c1-17-22(24(28)25-15-18-9-5-4-6-10-18)23-19(20(27)11-12-21(23)29-17)16-26-13-7-2-3-8-14-26/h4-6,9-12,27H,2-3,7-8,13-16H2,1H3,(H,25,28)/p+1. The predicted molar refractivity (Wildman–Crippen MR) is 113 cm³/mol. The molecule has 5 heteroatoms. The summed E-state index contributed by atoms with van der Waals surface area (Å²) in [6, 6.07) is 13.3. The van der Waals surface area contributed by atoms with Gasteiger partial charge in [0.05, 0.1) is 24.2 Å². The molecule has 0 bridgehead atoms. The Morgan fingerprint density at radius 3 is 2.52 bits per heavy atom. The van der Waals surface area contributed by atoms with Gasteiger partial charge < -0.3 is 19.7 Å². The molecule has 0 spiro atoms. The van der Waals surface area contributed by atoms with E-state index >= 15 is 0 Å². The largest absolute Gasteiger partial charge is 0.507 e. The maximum absolute atomic E-state index is 13.1. The molecule has 4 rings (SSSR count). The zero-order valence-corrected chi connectivity index (χ0v) is 17.0. The topological polar surface area (TPSA) is 66.9 Å². The normalized spacial score (nSPS) is 15.3. The average molecular weight is 394 g/mol. The van der Waals surface area contributed by atoms with Gasteiger partial charge in [0.15, 0.2) is 0 Å². The molecular formula is C24H29N2O3+. The third kappa shape index (κ3) is 4.30. The van der Waals surface area contributed by atoms with Crippen LogP contribution in [0.5, 0.6) is 5.75 Å². The molecule has 0 radical (unpaired) electrons. The van der Waals surface area contributed by atoms with Crippen molar-refractivity contribution in [2.24, 2.45) is 0 Å². The van der Waals surface area contributed by atoms with E-state index in [1.807, 2.05) is 37.3 Å². The van der Waals surface area contributed by atoms with Crippen molar-refractivity contribution in [3.63, 3.8) is 0 Å². The molecule has 0 aliphatic carbocycles. The van der Waals surface area contributed by atoms with Crippen molar-refractivity contribution in [1.29, 1.82) is 0 Å². The van der Waals surface area contributed by atoms with Gasteiger partial charge in [0.2, 0.25) is 0 Å². The van der Waals surface area contributed by atoms with E-state index in [1.54, 1.807) is 12.1 Å². The van der Waals surface area contributed by atoms with Crippen LogP contribution in [0.15, 0.2) is 46.9 Å². The van der Waals surface area contributed by atoms with Gasteiger partial charge in [-0.05, 0) is 50.3 Å². The number of aryl methyl sites for hydroxylation is 1. The molecule has 3 N–H and O–H groups in total. The molecule has 1 aliphatic heterocycles. The number of amides is 1. The smallest absolute Gasteiger partial charge is 0.255 e. The highest BCUT2D eigenvalue weighted by molar-refractivity contribution is 6.08. The number of carbonyl (C=O) groups is 1. The van der Waals surface area contributed by atoms with Crippen molar-refractivity contribution >= 4 is 16.9 Å². The van der Waals surface area contributed by atoms with E-state index in [-0.39, 0.29) is 11.7 Å². The Labute approximate surface area is 171 Å². The number of quaternary nitrogens is 1. The summed E-state index contributed by atoms with van der Waals surface area (Å²) < 4.78 is 5.90. The zero-order chi connectivity index (χ0) is 20.2. The monoisotopic (exact) mass is 393 g/mol. The van der Waals surface area contributed by atoms with E-state index in [1.165, 1.54) is 30.6 Å². The number of hydrogen-bond acceptors (Lipinski definition) is 3. The van der Waals surface area contributed by atoms with Crippen molar-refractivity contribution in [2.45, 2.75) is 45.7 Å². The van der Waals surface area contributed by atoms with E-state index < -0.39 is 0 Å². The molecule has 1 amide bonds. The summed E-state index contributed by atoms with van der Waals surface area (Å²) in [4.78, 5) is 14.5. The zero-order valence-electron chi connectivity index (χ0n) is 17.0. The molecule has 3 aromatic rings. The van der Waals surface area contributed by atoms with Crippen LogP contribution in [-0.2, 0) is 13.1 Å². The molecule has 1 saturated heterocycles. The van der Waals surface area contributed by atoms with Crippen LogP contribution in [-0.4, -0.2) is 24.1 Å². The predicted octanol–water partition coefficient (Wildman–Crippen LogP) is 3.34. The van der Waals surface area contributed by atoms with E-state index in [4.69, 9.17) is 4.42 Å². The number of nitrogens with one attached hydrogen (secondary N) is 2. The Kier molecular flexibility index (Phi) is 5.86. The second-order valence-electron chi connectivity index (χ2n) is 7.98. The van der Waals surface area contributed by atoms with Crippen molar-refractivity contribution in [2.75, 3.05) is 13.1 Å². The van der Waals surface area contributed by atoms with Crippen LogP contribution in [0.1, 0.15) is 52.9 Å². The van der Waals surface area contributed by atoms with Crippen molar-refractivity contribution in [1.82, 2.24) is 5.32 Å². The molecule has 0 saturated carbocycles. The number of aromatic hydroxyl groups is 1. The third-order valence-electron chi connectivity index (χ3n) is 5.88. The van der Waals surface area contributed by atoms with Crippen LogP contribution in [0.2, 0.25) is 0 Å². The number of carbonyl (C=O) groups excluding carboxylic acids is 1. The molecule has 2 aromatic carbocycles. The summed E-state index contributed by atoms with van der Waals surface area (Å²) in [6.07, 6.45) is 4.97. The number of benzene rings is 2. The van der Waals surface area contributed by atoms with Gasteiger partial charge in [-0.3, -0.25) is 4.79 Å². The number of furan rings is 1. The summed E-state index contributed by atoms with van der Waals surface area (Å²) in [6.45, 7) is 5.18. The lowest BCUT2D eigenvalue weighted by atomic mass is 10.0.